The Kier molecular flexibility index (Phi) is 5.19. The minimum atomic E-state index is -3.50. The summed E-state index contributed by atoms with van der Waals surface area (Å²) in [6.07, 6.45) is -1.71. The molecule has 0 spiro atoms. The van der Waals surface area contributed by atoms with Crippen molar-refractivity contribution in [2.45, 2.75) is 6.43 Å². The Labute approximate surface area is 78.9 Å². The molecule has 0 amide bonds. The molecule has 3 nitrogen and oxygen atoms in total. The minimum Gasteiger partial charge on any atom is -0.213 e. The molecule has 0 aromatic carbocycles. The molecule has 0 aliphatic carbocycles. The molecule has 0 fully saturated rings. The maximum Gasteiger partial charge on any atom is 0.252 e. The van der Waals surface area contributed by atoms with E-state index in [4.69, 9.17) is 0 Å². The van der Waals surface area contributed by atoms with Crippen LogP contribution in [0.4, 0.5) is 8.78 Å². The Morgan fingerprint density at radius 3 is 2.25 bits per heavy atom. The van der Waals surface area contributed by atoms with Crippen molar-refractivity contribution in [1.29, 1.82) is 0 Å². The second-order valence-corrected chi connectivity index (χ2v) is 4.98. The van der Waals surface area contributed by atoms with Gasteiger partial charge in [0.25, 0.3) is 6.43 Å². The summed E-state index contributed by atoms with van der Waals surface area (Å²) < 4.78 is 46.0. The predicted molar refractivity (Wildman–Crippen MR) is 46.2 cm³/mol. The van der Waals surface area contributed by atoms with E-state index in [1.54, 1.807) is 0 Å². The highest BCUT2D eigenvalue weighted by atomic mass is 79.9. The molecule has 0 aromatic rings. The fourth-order valence-corrected chi connectivity index (χ4v) is 2.11. The zero-order valence-electron chi connectivity index (χ0n) is 6.50. The fourth-order valence-electron chi connectivity index (χ4n) is 0.641. The first-order valence-corrected chi connectivity index (χ1v) is 6.14. The van der Waals surface area contributed by atoms with Gasteiger partial charge in [-0.2, -0.15) is 4.31 Å². The van der Waals surface area contributed by atoms with Crippen molar-refractivity contribution < 1.29 is 17.2 Å². The van der Waals surface area contributed by atoms with Gasteiger partial charge in [-0.15, -0.1) is 0 Å². The zero-order chi connectivity index (χ0) is 9.78. The van der Waals surface area contributed by atoms with E-state index in [0.717, 1.165) is 10.6 Å². The summed E-state index contributed by atoms with van der Waals surface area (Å²) in [5, 5.41) is 0.354. The first-order valence-electron chi connectivity index (χ1n) is 3.17. The van der Waals surface area contributed by atoms with Gasteiger partial charge in [-0.3, -0.25) is 0 Å². The quantitative estimate of drug-likeness (QED) is 0.693. The molecular weight excluding hydrogens is 256 g/mol. The molecule has 0 atom stereocenters. The third kappa shape index (κ3) is 5.00. The molecule has 0 saturated heterocycles. The maximum atomic E-state index is 11.8. The van der Waals surface area contributed by atoms with Crippen LogP contribution in [0, 0.1) is 0 Å². The Hall–Kier alpha value is 0.250. The number of hydrogen-bond donors (Lipinski definition) is 0. The Morgan fingerprint density at radius 2 is 2.00 bits per heavy atom. The molecule has 7 heteroatoms. The zero-order valence-corrected chi connectivity index (χ0v) is 8.91. The molecule has 0 bridgehead atoms. The summed E-state index contributed by atoms with van der Waals surface area (Å²) in [5.74, 6) is 0. The number of rotatable bonds is 5. The first kappa shape index (κ1) is 12.2. The summed E-state index contributed by atoms with van der Waals surface area (Å²) in [5.41, 5.74) is 0. The van der Waals surface area contributed by atoms with Gasteiger partial charge in [0.05, 0.1) is 12.8 Å². The van der Waals surface area contributed by atoms with Gasteiger partial charge in [-0.05, 0) is 0 Å². The number of hydrogen-bond acceptors (Lipinski definition) is 2. The third-order valence-electron chi connectivity index (χ3n) is 1.14. The average Bonchev–Trinajstić information content (AvgIpc) is 1.83. The Bertz CT molecular complexity index is 219. The SMILES string of the molecule is CS(=O)(=O)N(CCBr)CC(F)F. The van der Waals surface area contributed by atoms with E-state index in [0.29, 0.717) is 5.33 Å². The van der Waals surface area contributed by atoms with Crippen molar-refractivity contribution >= 4 is 26.0 Å². The average molecular weight is 266 g/mol. The Morgan fingerprint density at radius 1 is 1.50 bits per heavy atom. The van der Waals surface area contributed by atoms with Crippen molar-refractivity contribution in [3.8, 4) is 0 Å². The second-order valence-electron chi connectivity index (χ2n) is 2.20. The lowest BCUT2D eigenvalue weighted by Crippen LogP contribution is -2.35. The van der Waals surface area contributed by atoms with E-state index in [2.05, 4.69) is 15.9 Å². The van der Waals surface area contributed by atoms with E-state index in [9.17, 15) is 17.2 Å². The maximum absolute atomic E-state index is 11.8. The molecular formula is C5H10BrF2NO2S. The van der Waals surface area contributed by atoms with Crippen LogP contribution in [0.15, 0.2) is 0 Å². The molecule has 74 valence electrons. The molecule has 0 aromatic heterocycles. The van der Waals surface area contributed by atoms with Crippen LogP contribution in [0.2, 0.25) is 0 Å². The summed E-state index contributed by atoms with van der Waals surface area (Å²) >= 11 is 2.98. The standard InChI is InChI=1S/C5H10BrF2NO2S/c1-12(10,11)9(3-2-6)4-5(7)8/h5H,2-4H2,1H3. The molecule has 0 saturated carbocycles. The highest BCUT2D eigenvalue weighted by Gasteiger charge is 2.19. The van der Waals surface area contributed by atoms with Crippen LogP contribution in [0.5, 0.6) is 0 Å². The van der Waals surface area contributed by atoms with Crippen LogP contribution in [0.3, 0.4) is 0 Å². The van der Waals surface area contributed by atoms with Crippen molar-refractivity contribution in [1.82, 2.24) is 4.31 Å². The lowest BCUT2D eigenvalue weighted by molar-refractivity contribution is 0.122. The van der Waals surface area contributed by atoms with Crippen LogP contribution >= 0.6 is 15.9 Å². The second kappa shape index (κ2) is 5.08. The number of nitrogens with zero attached hydrogens (tertiary/aromatic N) is 1. The fraction of sp³-hybridized carbons (Fsp3) is 1.00. The number of sulfonamides is 1. The van der Waals surface area contributed by atoms with Crippen LogP contribution < -0.4 is 0 Å². The van der Waals surface area contributed by atoms with E-state index in [1.807, 2.05) is 0 Å². The van der Waals surface area contributed by atoms with Crippen LogP contribution in [0.25, 0.3) is 0 Å². The van der Waals surface area contributed by atoms with Crippen molar-refractivity contribution in [3.05, 3.63) is 0 Å². The van der Waals surface area contributed by atoms with Gasteiger partial charge in [-0.25, -0.2) is 17.2 Å². The smallest absolute Gasteiger partial charge is 0.213 e. The number of halogens is 3. The topological polar surface area (TPSA) is 37.4 Å². The molecule has 0 rings (SSSR count). The van der Waals surface area contributed by atoms with Gasteiger partial charge in [0.2, 0.25) is 10.0 Å². The van der Waals surface area contributed by atoms with Crippen molar-refractivity contribution in [2.24, 2.45) is 0 Å². The Balaban J connectivity index is 4.24. The van der Waals surface area contributed by atoms with Gasteiger partial charge in [0.15, 0.2) is 0 Å². The lowest BCUT2D eigenvalue weighted by atomic mass is 10.6. The van der Waals surface area contributed by atoms with Gasteiger partial charge in [0.1, 0.15) is 0 Å². The molecule has 0 aliphatic heterocycles. The van der Waals surface area contributed by atoms with E-state index < -0.39 is 23.0 Å². The van der Waals surface area contributed by atoms with E-state index in [1.165, 1.54) is 0 Å². The number of alkyl halides is 3. The van der Waals surface area contributed by atoms with E-state index >= 15 is 0 Å². The minimum absolute atomic E-state index is 0.0726. The molecule has 0 unspecified atom stereocenters. The van der Waals surface area contributed by atoms with Gasteiger partial charge >= 0.3 is 0 Å². The van der Waals surface area contributed by atoms with Crippen molar-refractivity contribution in [2.75, 3.05) is 24.7 Å². The summed E-state index contributed by atoms with van der Waals surface area (Å²) in [4.78, 5) is 0. The monoisotopic (exact) mass is 265 g/mol. The highest BCUT2D eigenvalue weighted by molar-refractivity contribution is 9.09. The summed E-state index contributed by atoms with van der Waals surface area (Å²) in [6.45, 7) is -0.659. The van der Waals surface area contributed by atoms with Crippen LogP contribution in [0.1, 0.15) is 0 Å². The predicted octanol–water partition coefficient (Wildman–Crippen LogP) is 0.908. The lowest BCUT2D eigenvalue weighted by Gasteiger charge is -2.17. The molecule has 0 radical (unpaired) electrons. The summed E-state index contributed by atoms with van der Waals surface area (Å²) in [6, 6.07) is 0. The normalized spacial score (nSPS) is 12.8. The van der Waals surface area contributed by atoms with Gasteiger partial charge < -0.3 is 0 Å². The van der Waals surface area contributed by atoms with Gasteiger partial charge in [-0.1, -0.05) is 15.9 Å². The van der Waals surface area contributed by atoms with Crippen LogP contribution in [-0.4, -0.2) is 43.8 Å². The first-order chi connectivity index (χ1) is 5.38. The van der Waals surface area contributed by atoms with Crippen molar-refractivity contribution in [3.63, 3.8) is 0 Å². The molecule has 0 N–H and O–H groups in total. The largest absolute Gasteiger partial charge is 0.252 e. The summed E-state index contributed by atoms with van der Waals surface area (Å²) in [7, 11) is -3.50. The molecule has 0 heterocycles. The van der Waals surface area contributed by atoms with Crippen LogP contribution in [-0.2, 0) is 10.0 Å². The highest BCUT2D eigenvalue weighted by Crippen LogP contribution is 2.03. The third-order valence-corrected chi connectivity index (χ3v) is 2.77. The molecule has 12 heavy (non-hydrogen) atoms. The van der Waals surface area contributed by atoms with E-state index in [-0.39, 0.29) is 6.54 Å². The van der Waals surface area contributed by atoms with Gasteiger partial charge in [0, 0.05) is 11.9 Å². The molecule has 0 aliphatic rings.